The number of anilines is 1. The highest BCUT2D eigenvalue weighted by atomic mass is 19.4. The van der Waals surface area contributed by atoms with Gasteiger partial charge < -0.3 is 19.5 Å². The van der Waals surface area contributed by atoms with Gasteiger partial charge in [0.15, 0.2) is 5.69 Å². The van der Waals surface area contributed by atoms with Gasteiger partial charge in [0.05, 0.1) is 22.6 Å². The molecular weight excluding hydrogens is 579 g/mol. The first-order chi connectivity index (χ1) is 20.4. The molecule has 224 valence electrons. The zero-order valence-corrected chi connectivity index (χ0v) is 22.4. The lowest BCUT2D eigenvalue weighted by atomic mass is 9.92. The number of hydrogen-bond acceptors (Lipinski definition) is 6. The van der Waals surface area contributed by atoms with Crippen molar-refractivity contribution < 1.29 is 46.1 Å². The fraction of sp³-hybridized carbons (Fsp3) is 0.241. The highest BCUT2D eigenvalue weighted by molar-refractivity contribution is 6.06. The number of carbonyl (C=O) groups excluding carboxylic acids is 1. The molecule has 1 atom stereocenters. The average molecular weight is 603 g/mol. The number of benzene rings is 2. The molecule has 0 aliphatic heterocycles. The number of halogens is 5. The Labute approximate surface area is 241 Å². The first-order valence-electron chi connectivity index (χ1n) is 12.9. The van der Waals surface area contributed by atoms with Crippen LogP contribution in [0.15, 0.2) is 66.9 Å². The Morgan fingerprint density at radius 1 is 1.07 bits per heavy atom. The lowest BCUT2D eigenvalue weighted by molar-refractivity contribution is -0.142. The molecule has 0 unspecified atom stereocenters. The Kier molecular flexibility index (Phi) is 8.02. The van der Waals surface area contributed by atoms with Crippen molar-refractivity contribution in [1.29, 1.82) is 0 Å². The quantitative estimate of drug-likeness (QED) is 0.235. The zero-order chi connectivity index (χ0) is 30.9. The van der Waals surface area contributed by atoms with Crippen LogP contribution in [-0.2, 0) is 12.6 Å². The van der Waals surface area contributed by atoms with Gasteiger partial charge in [0.25, 0.3) is 5.91 Å². The predicted octanol–water partition coefficient (Wildman–Crippen LogP) is 6.32. The van der Waals surface area contributed by atoms with Gasteiger partial charge in [-0.05, 0) is 67.8 Å². The zero-order valence-electron chi connectivity index (χ0n) is 22.4. The molecule has 0 spiro atoms. The van der Waals surface area contributed by atoms with E-state index in [1.165, 1.54) is 67.8 Å². The summed E-state index contributed by atoms with van der Waals surface area (Å²) in [5.41, 5.74) is -0.446. The topological polar surface area (TPSA) is 107 Å². The lowest BCUT2D eigenvalue weighted by Crippen LogP contribution is -2.26. The van der Waals surface area contributed by atoms with Crippen LogP contribution >= 0.6 is 0 Å². The van der Waals surface area contributed by atoms with Crippen LogP contribution in [0, 0.1) is 0 Å². The van der Waals surface area contributed by atoms with Crippen molar-refractivity contribution in [2.45, 2.75) is 38.2 Å². The largest absolute Gasteiger partial charge is 0.484 e. The molecule has 0 bridgehead atoms. The number of aromatic carboxylic acids is 1. The molecule has 5 rings (SSSR count). The van der Waals surface area contributed by atoms with E-state index in [2.05, 4.69) is 14.8 Å². The standard InChI is InChI=1S/C29H23F5N4O5/c1-37(18-12-13-35-23(15-18)43-28(30)31)26(39)17-4-2-5-19(14-17)38-24-21(25(36-38)29(32,33)34)6-3-7-22(24)42-20-10-8-16(9-11-20)27(40)41/h2,4-5,8-15,22,28H,3,6-7H2,1H3,(H,40,41)/t22-/m0/s1. The summed E-state index contributed by atoms with van der Waals surface area (Å²) in [6, 6.07) is 13.9. The number of ether oxygens (including phenoxy) is 2. The molecule has 1 N–H and O–H groups in total. The molecule has 14 heteroatoms. The molecule has 0 saturated heterocycles. The Hall–Kier alpha value is -5.01. The Morgan fingerprint density at radius 3 is 2.49 bits per heavy atom. The molecule has 2 aromatic heterocycles. The molecule has 1 aliphatic rings. The van der Waals surface area contributed by atoms with Crippen LogP contribution in [0.5, 0.6) is 11.6 Å². The maximum absolute atomic E-state index is 14.1. The van der Waals surface area contributed by atoms with E-state index in [1.54, 1.807) is 0 Å². The van der Waals surface area contributed by atoms with Crippen LogP contribution in [-0.4, -0.2) is 45.4 Å². The molecular formula is C29H23F5N4O5. The third-order valence-corrected chi connectivity index (χ3v) is 6.83. The van der Waals surface area contributed by atoms with Crippen LogP contribution in [0.1, 0.15) is 56.6 Å². The summed E-state index contributed by atoms with van der Waals surface area (Å²) in [5, 5.41) is 13.1. The summed E-state index contributed by atoms with van der Waals surface area (Å²) < 4.78 is 79.0. The number of aromatic nitrogens is 3. The van der Waals surface area contributed by atoms with Gasteiger partial charge in [-0.2, -0.15) is 27.1 Å². The van der Waals surface area contributed by atoms with Crippen molar-refractivity contribution in [1.82, 2.24) is 14.8 Å². The van der Waals surface area contributed by atoms with Crippen LogP contribution in [0.25, 0.3) is 5.69 Å². The van der Waals surface area contributed by atoms with Crippen molar-refractivity contribution >= 4 is 17.6 Å². The highest BCUT2D eigenvalue weighted by Crippen LogP contribution is 2.42. The second kappa shape index (κ2) is 11.7. The van der Waals surface area contributed by atoms with Gasteiger partial charge in [0.1, 0.15) is 11.9 Å². The smallest absolute Gasteiger partial charge is 0.435 e. The first kappa shape index (κ1) is 29.5. The van der Waals surface area contributed by atoms with E-state index in [9.17, 15) is 31.5 Å². The van der Waals surface area contributed by atoms with Crippen LogP contribution in [0.4, 0.5) is 27.6 Å². The summed E-state index contributed by atoms with van der Waals surface area (Å²) in [6.45, 7) is -3.11. The Balaban J connectivity index is 1.51. The van der Waals surface area contributed by atoms with E-state index < -0.39 is 42.3 Å². The number of nitrogens with zero attached hydrogens (tertiary/aromatic N) is 4. The summed E-state index contributed by atoms with van der Waals surface area (Å²) >= 11 is 0. The van der Waals surface area contributed by atoms with Crippen LogP contribution in [0.3, 0.4) is 0 Å². The van der Waals surface area contributed by atoms with Gasteiger partial charge in [0, 0.05) is 30.4 Å². The van der Waals surface area contributed by atoms with E-state index in [0.29, 0.717) is 12.8 Å². The van der Waals surface area contributed by atoms with Gasteiger partial charge in [-0.25, -0.2) is 14.5 Å². The first-order valence-corrected chi connectivity index (χ1v) is 12.9. The monoisotopic (exact) mass is 602 g/mol. The van der Waals surface area contributed by atoms with Gasteiger partial charge >= 0.3 is 18.8 Å². The number of fused-ring (bicyclic) bond motifs is 1. The number of hydrogen-bond donors (Lipinski definition) is 1. The molecule has 9 nitrogen and oxygen atoms in total. The van der Waals surface area contributed by atoms with Crippen molar-refractivity contribution in [3.05, 3.63) is 94.9 Å². The molecule has 0 saturated carbocycles. The maximum Gasteiger partial charge on any atom is 0.435 e. The average Bonchev–Trinajstić information content (AvgIpc) is 3.38. The third-order valence-electron chi connectivity index (χ3n) is 6.83. The fourth-order valence-electron chi connectivity index (χ4n) is 4.87. The minimum Gasteiger partial charge on any atom is -0.484 e. The molecule has 0 radical (unpaired) electrons. The van der Waals surface area contributed by atoms with E-state index in [1.807, 2.05) is 0 Å². The number of carbonyl (C=O) groups is 2. The van der Waals surface area contributed by atoms with Crippen LogP contribution < -0.4 is 14.4 Å². The van der Waals surface area contributed by atoms with Crippen molar-refractivity contribution in [3.8, 4) is 17.3 Å². The van der Waals surface area contributed by atoms with Gasteiger partial charge in [-0.3, -0.25) is 4.79 Å². The van der Waals surface area contributed by atoms with Crippen LogP contribution in [0.2, 0.25) is 0 Å². The maximum atomic E-state index is 14.1. The van der Waals surface area contributed by atoms with Gasteiger partial charge in [0.2, 0.25) is 5.88 Å². The second-order valence-electron chi connectivity index (χ2n) is 9.60. The SMILES string of the molecule is CN(C(=O)c1cccc(-n2nc(C(F)(F)F)c3c2[C@@H](Oc2ccc(C(=O)O)cc2)CCC3)c1)c1ccnc(OC(F)F)c1. The Morgan fingerprint density at radius 2 is 1.81 bits per heavy atom. The minimum absolute atomic E-state index is 0.0249. The molecule has 43 heavy (non-hydrogen) atoms. The van der Waals surface area contributed by atoms with Gasteiger partial charge in [-0.15, -0.1) is 0 Å². The minimum atomic E-state index is -4.76. The fourth-order valence-corrected chi connectivity index (χ4v) is 4.87. The summed E-state index contributed by atoms with van der Waals surface area (Å²) in [7, 11) is 1.40. The predicted molar refractivity (Wildman–Crippen MR) is 142 cm³/mol. The molecule has 1 amide bonds. The normalized spacial score (nSPS) is 14.7. The highest BCUT2D eigenvalue weighted by Gasteiger charge is 2.42. The van der Waals surface area contributed by atoms with Crippen molar-refractivity contribution in [3.63, 3.8) is 0 Å². The summed E-state index contributed by atoms with van der Waals surface area (Å²) in [5.74, 6) is -1.85. The summed E-state index contributed by atoms with van der Waals surface area (Å²) in [6.07, 6.45) is -3.55. The summed E-state index contributed by atoms with van der Waals surface area (Å²) in [4.78, 5) is 29.4. The number of amides is 1. The second-order valence-corrected chi connectivity index (χ2v) is 9.60. The molecule has 2 heterocycles. The number of rotatable bonds is 8. The van der Waals surface area contributed by atoms with Crippen molar-refractivity contribution in [2.75, 3.05) is 11.9 Å². The van der Waals surface area contributed by atoms with E-state index in [-0.39, 0.29) is 45.9 Å². The van der Waals surface area contributed by atoms with E-state index >= 15 is 0 Å². The Bertz CT molecular complexity index is 1660. The lowest BCUT2D eigenvalue weighted by Gasteiger charge is -2.26. The van der Waals surface area contributed by atoms with Gasteiger partial charge in [-0.1, -0.05) is 6.07 Å². The number of carboxylic acids is 1. The molecule has 0 fully saturated rings. The third kappa shape index (κ3) is 6.27. The molecule has 4 aromatic rings. The molecule has 2 aromatic carbocycles. The van der Waals surface area contributed by atoms with E-state index in [0.717, 1.165) is 15.6 Å². The number of carboxylic acid groups (broad SMARTS) is 1. The number of alkyl halides is 5. The number of pyridine rings is 1. The van der Waals surface area contributed by atoms with E-state index in [4.69, 9.17) is 9.84 Å². The molecule has 1 aliphatic carbocycles. The van der Waals surface area contributed by atoms with Crippen molar-refractivity contribution in [2.24, 2.45) is 0 Å².